The standard InChI is InChI=1S/C19H24N4O4/c1-12-9-16(23-19(21-12)20-11-14-5-4-8-27-14)18(24)22-15-10-13(25-2)6-7-17(15)26-3/h6-7,9-10,14H,4-5,8,11H2,1-3H3,(H,22,24)(H,20,21,23). The minimum absolute atomic E-state index is 0.160. The van der Waals surface area contributed by atoms with E-state index in [4.69, 9.17) is 14.2 Å². The molecule has 1 amide bonds. The third-order valence-corrected chi connectivity index (χ3v) is 4.25. The molecule has 1 fully saturated rings. The molecule has 8 nitrogen and oxygen atoms in total. The number of nitrogens with one attached hydrogen (secondary N) is 2. The van der Waals surface area contributed by atoms with Crippen molar-refractivity contribution in [3.63, 3.8) is 0 Å². The van der Waals surface area contributed by atoms with Crippen LogP contribution in [0.15, 0.2) is 24.3 Å². The summed E-state index contributed by atoms with van der Waals surface area (Å²) in [5.41, 5.74) is 1.47. The number of hydrogen-bond acceptors (Lipinski definition) is 7. The van der Waals surface area contributed by atoms with Crippen LogP contribution in [0.4, 0.5) is 11.6 Å². The molecule has 0 radical (unpaired) electrons. The van der Waals surface area contributed by atoms with Crippen LogP contribution in [0.25, 0.3) is 0 Å². The Kier molecular flexibility index (Phi) is 6.08. The van der Waals surface area contributed by atoms with Crippen LogP contribution >= 0.6 is 0 Å². The predicted octanol–water partition coefficient (Wildman–Crippen LogP) is 2.65. The van der Waals surface area contributed by atoms with Gasteiger partial charge in [-0.25, -0.2) is 9.97 Å². The Morgan fingerprint density at radius 2 is 2.11 bits per heavy atom. The lowest BCUT2D eigenvalue weighted by Gasteiger charge is -2.13. The van der Waals surface area contributed by atoms with Gasteiger partial charge in [0.25, 0.3) is 5.91 Å². The van der Waals surface area contributed by atoms with Crippen molar-refractivity contribution in [3.8, 4) is 11.5 Å². The molecule has 1 unspecified atom stereocenters. The summed E-state index contributed by atoms with van der Waals surface area (Å²) in [6, 6.07) is 6.82. The number of nitrogens with zero attached hydrogens (tertiary/aromatic N) is 2. The topological polar surface area (TPSA) is 94.6 Å². The molecule has 3 rings (SSSR count). The molecule has 1 saturated heterocycles. The van der Waals surface area contributed by atoms with E-state index in [1.165, 1.54) is 0 Å². The van der Waals surface area contributed by atoms with Crippen LogP contribution in [-0.2, 0) is 4.74 Å². The zero-order valence-corrected chi connectivity index (χ0v) is 15.7. The first-order valence-corrected chi connectivity index (χ1v) is 8.83. The highest BCUT2D eigenvalue weighted by molar-refractivity contribution is 6.04. The Morgan fingerprint density at radius 1 is 1.26 bits per heavy atom. The number of hydrogen-bond donors (Lipinski definition) is 2. The van der Waals surface area contributed by atoms with Gasteiger partial charge in [-0.3, -0.25) is 4.79 Å². The van der Waals surface area contributed by atoms with Gasteiger partial charge >= 0.3 is 0 Å². The second kappa shape index (κ2) is 8.68. The maximum Gasteiger partial charge on any atom is 0.274 e. The maximum atomic E-state index is 12.7. The fourth-order valence-electron chi connectivity index (χ4n) is 2.87. The summed E-state index contributed by atoms with van der Waals surface area (Å²) < 4.78 is 16.1. The van der Waals surface area contributed by atoms with E-state index in [9.17, 15) is 4.79 Å². The predicted molar refractivity (Wildman–Crippen MR) is 102 cm³/mol. The highest BCUT2D eigenvalue weighted by Gasteiger charge is 2.17. The summed E-state index contributed by atoms with van der Waals surface area (Å²) in [5.74, 6) is 1.20. The van der Waals surface area contributed by atoms with E-state index in [0.29, 0.717) is 35.4 Å². The monoisotopic (exact) mass is 372 g/mol. The van der Waals surface area contributed by atoms with E-state index in [1.54, 1.807) is 38.5 Å². The number of amides is 1. The van der Waals surface area contributed by atoms with E-state index < -0.39 is 0 Å². The van der Waals surface area contributed by atoms with Crippen LogP contribution in [0.5, 0.6) is 11.5 Å². The van der Waals surface area contributed by atoms with Crippen molar-refractivity contribution < 1.29 is 19.0 Å². The lowest BCUT2D eigenvalue weighted by atomic mass is 10.2. The van der Waals surface area contributed by atoms with Crippen LogP contribution in [0.2, 0.25) is 0 Å². The molecule has 0 saturated carbocycles. The van der Waals surface area contributed by atoms with Crippen LogP contribution in [0.1, 0.15) is 29.0 Å². The lowest BCUT2D eigenvalue weighted by molar-refractivity contribution is 0.102. The van der Waals surface area contributed by atoms with Crippen molar-refractivity contribution in [1.29, 1.82) is 0 Å². The summed E-state index contributed by atoms with van der Waals surface area (Å²) in [5, 5.41) is 5.97. The molecule has 0 spiro atoms. The summed E-state index contributed by atoms with van der Waals surface area (Å²) in [4.78, 5) is 21.4. The van der Waals surface area contributed by atoms with Crippen LogP contribution in [-0.4, -0.2) is 49.4 Å². The van der Waals surface area contributed by atoms with E-state index in [-0.39, 0.29) is 17.7 Å². The summed E-state index contributed by atoms with van der Waals surface area (Å²) >= 11 is 0. The number of aromatic nitrogens is 2. The molecule has 144 valence electrons. The summed E-state index contributed by atoms with van der Waals surface area (Å²) in [6.07, 6.45) is 2.24. The highest BCUT2D eigenvalue weighted by Crippen LogP contribution is 2.29. The summed E-state index contributed by atoms with van der Waals surface area (Å²) in [7, 11) is 3.10. The van der Waals surface area contributed by atoms with Gasteiger partial charge in [-0.15, -0.1) is 0 Å². The molecule has 0 bridgehead atoms. The SMILES string of the molecule is COc1ccc(OC)c(NC(=O)c2cc(C)nc(NCC3CCCO3)n2)c1. The number of benzene rings is 1. The van der Waals surface area contributed by atoms with Gasteiger partial charge in [0.15, 0.2) is 0 Å². The molecule has 1 aliphatic heterocycles. The van der Waals surface area contributed by atoms with E-state index in [2.05, 4.69) is 20.6 Å². The zero-order valence-electron chi connectivity index (χ0n) is 15.7. The number of anilines is 2. The fraction of sp³-hybridized carbons (Fsp3) is 0.421. The Bertz CT molecular complexity index is 806. The largest absolute Gasteiger partial charge is 0.497 e. The molecule has 1 aliphatic rings. The average molecular weight is 372 g/mol. The smallest absolute Gasteiger partial charge is 0.274 e. The lowest BCUT2D eigenvalue weighted by Crippen LogP contribution is -2.21. The second-order valence-electron chi connectivity index (χ2n) is 6.25. The number of ether oxygens (including phenoxy) is 3. The first-order chi connectivity index (χ1) is 13.1. The Morgan fingerprint density at radius 3 is 2.81 bits per heavy atom. The fourth-order valence-corrected chi connectivity index (χ4v) is 2.87. The third kappa shape index (κ3) is 4.85. The number of carbonyl (C=O) groups is 1. The quantitative estimate of drug-likeness (QED) is 0.771. The van der Waals surface area contributed by atoms with Crippen molar-refractivity contribution in [2.24, 2.45) is 0 Å². The van der Waals surface area contributed by atoms with Gasteiger partial charge in [-0.1, -0.05) is 0 Å². The third-order valence-electron chi connectivity index (χ3n) is 4.25. The van der Waals surface area contributed by atoms with E-state index >= 15 is 0 Å². The molecular weight excluding hydrogens is 348 g/mol. The van der Waals surface area contributed by atoms with Crippen molar-refractivity contribution in [2.75, 3.05) is 38.0 Å². The van der Waals surface area contributed by atoms with Gasteiger partial charge in [0.05, 0.1) is 26.0 Å². The molecule has 2 heterocycles. The van der Waals surface area contributed by atoms with Crippen LogP contribution in [0, 0.1) is 6.92 Å². The van der Waals surface area contributed by atoms with Crippen LogP contribution in [0.3, 0.4) is 0 Å². The van der Waals surface area contributed by atoms with Crippen molar-refractivity contribution in [1.82, 2.24) is 9.97 Å². The molecule has 2 N–H and O–H groups in total. The van der Waals surface area contributed by atoms with Crippen molar-refractivity contribution in [3.05, 3.63) is 35.7 Å². The Labute approximate surface area is 158 Å². The number of rotatable bonds is 7. The minimum Gasteiger partial charge on any atom is -0.497 e. The summed E-state index contributed by atoms with van der Waals surface area (Å²) in [6.45, 7) is 3.23. The van der Waals surface area contributed by atoms with Crippen molar-refractivity contribution >= 4 is 17.5 Å². The second-order valence-corrected chi connectivity index (χ2v) is 6.25. The maximum absolute atomic E-state index is 12.7. The average Bonchev–Trinajstić information content (AvgIpc) is 3.19. The molecule has 2 aromatic rings. The molecule has 1 aromatic heterocycles. The molecule has 1 atom stereocenters. The van der Waals surface area contributed by atoms with Gasteiger partial charge in [-0.2, -0.15) is 0 Å². The Hall–Kier alpha value is -2.87. The molecule has 27 heavy (non-hydrogen) atoms. The normalized spacial score (nSPS) is 16.0. The molecular formula is C19H24N4O4. The molecule has 0 aliphatic carbocycles. The Balaban J connectivity index is 1.74. The highest BCUT2D eigenvalue weighted by atomic mass is 16.5. The minimum atomic E-state index is -0.354. The first-order valence-electron chi connectivity index (χ1n) is 8.83. The molecule has 8 heteroatoms. The van der Waals surface area contributed by atoms with Gasteiger partial charge in [0.1, 0.15) is 17.2 Å². The first kappa shape index (κ1) is 18.9. The zero-order chi connectivity index (χ0) is 19.2. The number of aryl methyl sites for hydroxylation is 1. The van der Waals surface area contributed by atoms with E-state index in [1.807, 2.05) is 6.92 Å². The van der Waals surface area contributed by atoms with Gasteiger partial charge < -0.3 is 24.8 Å². The van der Waals surface area contributed by atoms with Gasteiger partial charge in [0.2, 0.25) is 5.95 Å². The van der Waals surface area contributed by atoms with E-state index in [0.717, 1.165) is 19.4 Å². The van der Waals surface area contributed by atoms with Gasteiger partial charge in [0, 0.05) is 24.9 Å². The van der Waals surface area contributed by atoms with Crippen LogP contribution < -0.4 is 20.1 Å². The molecule has 1 aromatic carbocycles. The van der Waals surface area contributed by atoms with Gasteiger partial charge in [-0.05, 0) is 38.0 Å². The number of methoxy groups -OCH3 is 2. The number of carbonyl (C=O) groups excluding carboxylic acids is 1. The van der Waals surface area contributed by atoms with Crippen molar-refractivity contribution in [2.45, 2.75) is 25.9 Å².